The zero-order chi connectivity index (χ0) is 22.1. The highest BCUT2D eigenvalue weighted by molar-refractivity contribution is 7.90. The normalized spacial score (nSPS) is 15.0. The number of aryl methyl sites for hydroxylation is 2. The average Bonchev–Trinajstić information content (AvgIpc) is 2.67. The molecule has 2 N–H and O–H groups in total. The SMILES string of the molecule is COC(=O)c1ccccc1S(=O)(=O)NC(=O)Nc1nc(C)c2c(n1)CCS(=O)(=O)C2. The number of benzene rings is 1. The van der Waals surface area contributed by atoms with Crippen molar-refractivity contribution in [2.24, 2.45) is 0 Å². The molecule has 2 amide bonds. The number of fused-ring (bicyclic) bond motifs is 1. The van der Waals surface area contributed by atoms with Gasteiger partial charge in [0.25, 0.3) is 10.0 Å². The molecule has 30 heavy (non-hydrogen) atoms. The third-order valence-corrected chi connectivity index (χ3v) is 7.29. The summed E-state index contributed by atoms with van der Waals surface area (Å²) in [6, 6.07) is 4.11. The van der Waals surface area contributed by atoms with Crippen LogP contribution >= 0.6 is 0 Å². The third kappa shape index (κ3) is 4.57. The predicted molar refractivity (Wildman–Crippen MR) is 105 cm³/mol. The molecule has 1 aliphatic heterocycles. The van der Waals surface area contributed by atoms with E-state index in [0.29, 0.717) is 17.0 Å². The van der Waals surface area contributed by atoms with Crippen molar-refractivity contribution in [2.75, 3.05) is 18.2 Å². The number of nitrogens with one attached hydrogen (secondary N) is 2. The Balaban J connectivity index is 1.81. The number of amides is 2. The second-order valence-electron chi connectivity index (χ2n) is 6.45. The van der Waals surface area contributed by atoms with Crippen LogP contribution in [0.1, 0.15) is 27.3 Å². The average molecular weight is 454 g/mol. The van der Waals surface area contributed by atoms with Gasteiger partial charge >= 0.3 is 12.0 Å². The fourth-order valence-electron chi connectivity index (χ4n) is 2.93. The first-order valence-electron chi connectivity index (χ1n) is 8.60. The van der Waals surface area contributed by atoms with Crippen LogP contribution in [0.3, 0.4) is 0 Å². The summed E-state index contributed by atoms with van der Waals surface area (Å²) >= 11 is 0. The summed E-state index contributed by atoms with van der Waals surface area (Å²) in [5.41, 5.74) is 1.10. The van der Waals surface area contributed by atoms with Crippen LogP contribution in [-0.4, -0.2) is 51.7 Å². The molecule has 160 valence electrons. The zero-order valence-corrected chi connectivity index (χ0v) is 17.6. The smallest absolute Gasteiger partial charge is 0.339 e. The Morgan fingerprint density at radius 2 is 1.87 bits per heavy atom. The molecular formula is C17H18N4O7S2. The van der Waals surface area contributed by atoms with Crippen molar-refractivity contribution in [1.29, 1.82) is 0 Å². The van der Waals surface area contributed by atoms with Gasteiger partial charge in [-0.1, -0.05) is 12.1 Å². The maximum atomic E-state index is 12.6. The summed E-state index contributed by atoms with van der Waals surface area (Å²) in [4.78, 5) is 31.8. The van der Waals surface area contributed by atoms with Crippen molar-refractivity contribution in [1.82, 2.24) is 14.7 Å². The lowest BCUT2D eigenvalue weighted by Crippen LogP contribution is -2.36. The third-order valence-electron chi connectivity index (χ3n) is 4.35. The second-order valence-corrected chi connectivity index (χ2v) is 10.3. The molecule has 0 aliphatic carbocycles. The van der Waals surface area contributed by atoms with Gasteiger partial charge in [0, 0.05) is 17.7 Å². The molecule has 11 nitrogen and oxygen atoms in total. The van der Waals surface area contributed by atoms with Gasteiger partial charge in [-0.05, 0) is 19.1 Å². The number of urea groups is 1. The molecule has 2 aromatic rings. The topological polar surface area (TPSA) is 161 Å². The minimum Gasteiger partial charge on any atom is -0.465 e. The number of nitrogens with zero attached hydrogens (tertiary/aromatic N) is 2. The highest BCUT2D eigenvalue weighted by Gasteiger charge is 2.27. The predicted octanol–water partition coefficient (Wildman–Crippen LogP) is 0.553. The van der Waals surface area contributed by atoms with Gasteiger partial charge in [-0.3, -0.25) is 5.32 Å². The number of aromatic nitrogens is 2. The highest BCUT2D eigenvalue weighted by atomic mass is 32.2. The van der Waals surface area contributed by atoms with Gasteiger partial charge in [-0.25, -0.2) is 41.1 Å². The summed E-state index contributed by atoms with van der Waals surface area (Å²) < 4.78 is 55.0. The van der Waals surface area contributed by atoms with E-state index in [2.05, 4.69) is 20.0 Å². The Morgan fingerprint density at radius 1 is 1.17 bits per heavy atom. The molecule has 0 fully saturated rings. The summed E-state index contributed by atoms with van der Waals surface area (Å²) in [6.45, 7) is 1.58. The molecular weight excluding hydrogens is 436 g/mol. The Morgan fingerprint density at radius 3 is 2.57 bits per heavy atom. The number of hydrogen-bond acceptors (Lipinski definition) is 9. The molecule has 0 saturated carbocycles. The standard InChI is InChI=1S/C17H18N4O7S2/c1-10-12-9-29(24,25)8-7-13(12)19-16(18-10)20-17(23)21-30(26,27)14-6-4-3-5-11(14)15(22)28-2/h3-6H,7-9H2,1-2H3,(H2,18,19,20,21,23). The molecule has 3 rings (SSSR count). The number of ether oxygens (including phenoxy) is 1. The van der Waals surface area contributed by atoms with Gasteiger partial charge in [0.15, 0.2) is 9.84 Å². The fraction of sp³-hybridized carbons (Fsp3) is 0.294. The largest absolute Gasteiger partial charge is 0.465 e. The molecule has 2 heterocycles. The van der Waals surface area contributed by atoms with Gasteiger partial charge in [0.05, 0.1) is 29.9 Å². The Hall–Kier alpha value is -3.06. The van der Waals surface area contributed by atoms with Crippen molar-refractivity contribution in [3.8, 4) is 0 Å². The van der Waals surface area contributed by atoms with E-state index in [0.717, 1.165) is 13.2 Å². The number of rotatable bonds is 4. The van der Waals surface area contributed by atoms with Crippen molar-refractivity contribution in [3.63, 3.8) is 0 Å². The van der Waals surface area contributed by atoms with E-state index in [9.17, 15) is 26.4 Å². The number of esters is 1. The van der Waals surface area contributed by atoms with Crippen LogP contribution < -0.4 is 10.0 Å². The van der Waals surface area contributed by atoms with Crippen molar-refractivity contribution in [3.05, 3.63) is 46.8 Å². The van der Waals surface area contributed by atoms with E-state index in [1.807, 2.05) is 0 Å². The fourth-order valence-corrected chi connectivity index (χ4v) is 5.50. The van der Waals surface area contributed by atoms with Gasteiger partial charge in [-0.2, -0.15) is 0 Å². The van der Waals surface area contributed by atoms with Gasteiger partial charge < -0.3 is 4.74 Å². The number of hydrogen-bond donors (Lipinski definition) is 2. The summed E-state index contributed by atoms with van der Waals surface area (Å²) in [5.74, 6) is -1.29. The minimum absolute atomic E-state index is 0.0687. The van der Waals surface area contributed by atoms with E-state index >= 15 is 0 Å². The number of carbonyl (C=O) groups is 2. The van der Waals surface area contributed by atoms with Crippen LogP contribution in [0.15, 0.2) is 29.2 Å². The molecule has 1 aliphatic rings. The van der Waals surface area contributed by atoms with Crippen LogP contribution in [0.5, 0.6) is 0 Å². The minimum atomic E-state index is -4.41. The molecule has 1 aromatic heterocycles. The molecule has 0 unspecified atom stereocenters. The van der Waals surface area contributed by atoms with Gasteiger partial charge in [0.2, 0.25) is 5.95 Å². The van der Waals surface area contributed by atoms with Crippen molar-refractivity contribution >= 4 is 37.8 Å². The summed E-state index contributed by atoms with van der Waals surface area (Å²) in [6.07, 6.45) is 0.169. The Bertz CT molecular complexity index is 1240. The quantitative estimate of drug-likeness (QED) is 0.628. The first-order chi connectivity index (χ1) is 14.0. The van der Waals surface area contributed by atoms with E-state index in [4.69, 9.17) is 0 Å². The van der Waals surface area contributed by atoms with E-state index in [1.54, 1.807) is 11.6 Å². The second kappa shape index (κ2) is 7.99. The van der Waals surface area contributed by atoms with Crippen LogP contribution in [0, 0.1) is 6.92 Å². The monoisotopic (exact) mass is 454 g/mol. The van der Waals surface area contributed by atoms with Crippen molar-refractivity contribution in [2.45, 2.75) is 24.0 Å². The maximum absolute atomic E-state index is 12.6. The number of methoxy groups -OCH3 is 1. The first kappa shape index (κ1) is 21.6. The zero-order valence-electron chi connectivity index (χ0n) is 16.0. The lowest BCUT2D eigenvalue weighted by Gasteiger charge is -2.18. The molecule has 0 spiro atoms. The Labute approximate surface area is 172 Å². The van der Waals surface area contributed by atoms with Crippen LogP contribution in [0.4, 0.5) is 10.7 Å². The molecule has 0 bridgehead atoms. The van der Waals surface area contributed by atoms with Crippen molar-refractivity contribution < 1.29 is 31.2 Å². The molecule has 0 atom stereocenters. The highest BCUT2D eigenvalue weighted by Crippen LogP contribution is 2.23. The molecule has 0 radical (unpaired) electrons. The van der Waals surface area contributed by atoms with Gasteiger partial charge in [-0.15, -0.1) is 0 Å². The molecule has 13 heteroatoms. The summed E-state index contributed by atoms with van der Waals surface area (Å²) in [7, 11) is -6.52. The Kier molecular flexibility index (Phi) is 5.76. The number of anilines is 1. The summed E-state index contributed by atoms with van der Waals surface area (Å²) in [5, 5.41) is 2.23. The van der Waals surface area contributed by atoms with Crippen LogP contribution in [0.2, 0.25) is 0 Å². The lowest BCUT2D eigenvalue weighted by molar-refractivity contribution is 0.0596. The van der Waals surface area contributed by atoms with E-state index in [-0.39, 0.29) is 29.4 Å². The van der Waals surface area contributed by atoms with Crippen LogP contribution in [-0.2, 0) is 36.8 Å². The molecule has 0 saturated heterocycles. The van der Waals surface area contributed by atoms with Gasteiger partial charge in [0.1, 0.15) is 4.90 Å². The number of carbonyl (C=O) groups excluding carboxylic acids is 2. The number of sulfonamides is 1. The first-order valence-corrected chi connectivity index (χ1v) is 11.9. The number of sulfone groups is 1. The van der Waals surface area contributed by atoms with E-state index < -0.39 is 36.8 Å². The van der Waals surface area contributed by atoms with E-state index in [1.165, 1.54) is 18.2 Å². The lowest BCUT2D eigenvalue weighted by atomic mass is 10.1. The maximum Gasteiger partial charge on any atom is 0.339 e. The molecule has 1 aromatic carbocycles. The van der Waals surface area contributed by atoms with Crippen LogP contribution in [0.25, 0.3) is 0 Å².